The third-order valence-electron chi connectivity index (χ3n) is 9.96. The van der Waals surface area contributed by atoms with Crippen LogP contribution in [-0.2, 0) is 4.79 Å². The molecule has 10 heteroatoms. The molecule has 9 nitrogen and oxygen atoms in total. The third-order valence-corrected chi connectivity index (χ3v) is 10.3. The molecule has 6 rings (SSSR count). The van der Waals surface area contributed by atoms with Gasteiger partial charge in [-0.3, -0.25) is 24.7 Å². The van der Waals surface area contributed by atoms with Crippen molar-refractivity contribution in [2.75, 3.05) is 67.9 Å². The first-order valence-electron chi connectivity index (χ1n) is 15.3. The Bertz CT molecular complexity index is 1310. The monoisotopic (exact) mass is 592 g/mol. The Labute approximate surface area is 252 Å². The molecule has 0 aromatic heterocycles. The standard InChI is InChI=1S/C32H41ClN6O3/c33-27-6-1-24(21-28(27)39-14-9-29(40)35-31(39)42)30(41)38-15-12-32(13-16-38)10-7-23(8-11-32)22-36-17-19-37(20-18-36)26-4-2-25(34)3-5-26/h1-6,21,23H,7-20,22,34H2,(H,35,40,42). The zero-order valence-electron chi connectivity index (χ0n) is 24.2. The lowest BCUT2D eigenvalue weighted by Crippen LogP contribution is -2.49. The molecule has 42 heavy (non-hydrogen) atoms. The normalized spacial score (nSPS) is 22.0. The van der Waals surface area contributed by atoms with Crippen molar-refractivity contribution in [1.82, 2.24) is 15.1 Å². The molecule has 3 saturated heterocycles. The minimum absolute atomic E-state index is 0.0249. The van der Waals surface area contributed by atoms with Crippen molar-refractivity contribution in [2.45, 2.75) is 44.9 Å². The maximum absolute atomic E-state index is 13.4. The van der Waals surface area contributed by atoms with E-state index in [0.717, 1.165) is 63.7 Å². The van der Waals surface area contributed by atoms with E-state index in [1.165, 1.54) is 42.8 Å². The van der Waals surface area contributed by atoms with E-state index in [9.17, 15) is 14.4 Å². The minimum atomic E-state index is -0.506. The number of amides is 4. The van der Waals surface area contributed by atoms with Gasteiger partial charge in [-0.1, -0.05) is 11.6 Å². The number of anilines is 3. The van der Waals surface area contributed by atoms with E-state index in [-0.39, 0.29) is 24.8 Å². The fraction of sp³-hybridized carbons (Fsp3) is 0.531. The smallest absolute Gasteiger partial charge is 0.328 e. The second-order valence-corrected chi connectivity index (χ2v) is 12.9. The molecule has 4 amide bonds. The Morgan fingerprint density at radius 1 is 0.905 bits per heavy atom. The number of nitrogens with two attached hydrogens (primary N) is 1. The SMILES string of the molecule is Nc1ccc(N2CCN(CC3CCC4(CC3)CCN(C(=O)c3ccc(Cl)c(N5CCC(=O)NC5=O)c3)CC4)CC2)cc1. The van der Waals surface area contributed by atoms with Gasteiger partial charge in [-0.25, -0.2) is 4.79 Å². The van der Waals surface area contributed by atoms with Crippen molar-refractivity contribution in [3.8, 4) is 0 Å². The number of nitrogens with zero attached hydrogens (tertiary/aromatic N) is 4. The van der Waals surface area contributed by atoms with E-state index in [0.29, 0.717) is 21.7 Å². The molecule has 2 aromatic carbocycles. The molecule has 3 N–H and O–H groups in total. The number of halogens is 1. The number of piperazine rings is 1. The van der Waals surface area contributed by atoms with Gasteiger partial charge in [0.05, 0.1) is 10.7 Å². The molecule has 1 spiro atoms. The summed E-state index contributed by atoms with van der Waals surface area (Å²) in [6.07, 6.45) is 7.33. The number of hydrogen-bond donors (Lipinski definition) is 2. The Morgan fingerprint density at radius 3 is 2.26 bits per heavy atom. The van der Waals surface area contributed by atoms with Gasteiger partial charge >= 0.3 is 6.03 Å². The third kappa shape index (κ3) is 6.22. The van der Waals surface area contributed by atoms with Crippen LogP contribution in [0.2, 0.25) is 5.02 Å². The highest BCUT2D eigenvalue weighted by atomic mass is 35.5. The van der Waals surface area contributed by atoms with Crippen molar-refractivity contribution < 1.29 is 14.4 Å². The molecular formula is C32H41ClN6O3. The summed E-state index contributed by atoms with van der Waals surface area (Å²) >= 11 is 6.39. The Hall–Kier alpha value is -3.30. The number of nitrogens with one attached hydrogen (secondary N) is 1. The molecule has 4 aliphatic rings. The lowest BCUT2D eigenvalue weighted by Gasteiger charge is -2.47. The first-order valence-corrected chi connectivity index (χ1v) is 15.7. The van der Waals surface area contributed by atoms with Gasteiger partial charge in [-0.05, 0) is 92.3 Å². The summed E-state index contributed by atoms with van der Waals surface area (Å²) in [5, 5.41) is 2.70. The van der Waals surface area contributed by atoms with E-state index < -0.39 is 6.03 Å². The quantitative estimate of drug-likeness (QED) is 0.492. The number of imide groups is 1. The topological polar surface area (TPSA) is 102 Å². The van der Waals surface area contributed by atoms with E-state index in [2.05, 4.69) is 27.2 Å². The Balaban J connectivity index is 0.971. The number of rotatable bonds is 5. The van der Waals surface area contributed by atoms with Crippen LogP contribution in [0.4, 0.5) is 21.9 Å². The number of likely N-dealkylation sites (tertiary alicyclic amines) is 1. The summed E-state index contributed by atoms with van der Waals surface area (Å²) in [6.45, 7) is 7.29. The van der Waals surface area contributed by atoms with Gasteiger partial charge in [0, 0.05) is 75.7 Å². The molecule has 2 aromatic rings. The summed E-state index contributed by atoms with van der Waals surface area (Å²) in [4.78, 5) is 45.8. The first kappa shape index (κ1) is 28.8. The van der Waals surface area contributed by atoms with Gasteiger partial charge in [0.15, 0.2) is 0 Å². The predicted octanol–water partition coefficient (Wildman–Crippen LogP) is 4.60. The van der Waals surface area contributed by atoms with Crippen molar-refractivity contribution in [1.29, 1.82) is 0 Å². The van der Waals surface area contributed by atoms with E-state index in [1.54, 1.807) is 18.2 Å². The fourth-order valence-electron chi connectivity index (χ4n) is 7.22. The van der Waals surface area contributed by atoms with Gasteiger partial charge in [-0.15, -0.1) is 0 Å². The van der Waals surface area contributed by atoms with Crippen LogP contribution in [0.5, 0.6) is 0 Å². The molecule has 1 aliphatic carbocycles. The number of nitrogen functional groups attached to an aromatic ring is 1. The van der Waals surface area contributed by atoms with Crippen LogP contribution >= 0.6 is 11.6 Å². The van der Waals surface area contributed by atoms with Crippen molar-refractivity contribution in [2.24, 2.45) is 11.3 Å². The van der Waals surface area contributed by atoms with Crippen LogP contribution in [0.1, 0.15) is 55.3 Å². The summed E-state index contributed by atoms with van der Waals surface area (Å²) < 4.78 is 0. The zero-order valence-corrected chi connectivity index (χ0v) is 25.0. The predicted molar refractivity (Wildman–Crippen MR) is 166 cm³/mol. The molecule has 224 valence electrons. The van der Waals surface area contributed by atoms with Crippen molar-refractivity contribution in [3.63, 3.8) is 0 Å². The molecule has 0 atom stereocenters. The number of benzene rings is 2. The van der Waals surface area contributed by atoms with Gasteiger partial charge in [-0.2, -0.15) is 0 Å². The van der Waals surface area contributed by atoms with Crippen LogP contribution in [0, 0.1) is 11.3 Å². The number of carbonyl (C=O) groups is 3. The van der Waals surface area contributed by atoms with Gasteiger partial charge in [0.1, 0.15) is 0 Å². The highest BCUT2D eigenvalue weighted by Crippen LogP contribution is 2.46. The molecule has 1 saturated carbocycles. The number of piperidine rings is 1. The Morgan fingerprint density at radius 2 is 1.60 bits per heavy atom. The number of urea groups is 1. The van der Waals surface area contributed by atoms with Crippen LogP contribution in [0.25, 0.3) is 0 Å². The summed E-state index contributed by atoms with van der Waals surface area (Å²) in [7, 11) is 0. The molecule has 4 fully saturated rings. The maximum Gasteiger partial charge on any atom is 0.328 e. The van der Waals surface area contributed by atoms with Crippen LogP contribution < -0.4 is 20.9 Å². The first-order chi connectivity index (χ1) is 20.3. The fourth-order valence-corrected chi connectivity index (χ4v) is 7.44. The second-order valence-electron chi connectivity index (χ2n) is 12.5. The lowest BCUT2D eigenvalue weighted by atomic mass is 9.65. The van der Waals surface area contributed by atoms with Crippen LogP contribution in [0.3, 0.4) is 0 Å². The average molecular weight is 593 g/mol. The lowest BCUT2D eigenvalue weighted by molar-refractivity contribution is -0.120. The average Bonchev–Trinajstić information content (AvgIpc) is 3.00. The van der Waals surface area contributed by atoms with E-state index in [4.69, 9.17) is 17.3 Å². The highest BCUT2D eigenvalue weighted by molar-refractivity contribution is 6.34. The van der Waals surface area contributed by atoms with Gasteiger partial charge in [0.2, 0.25) is 5.91 Å². The number of carbonyl (C=O) groups excluding carboxylic acids is 3. The van der Waals surface area contributed by atoms with Crippen LogP contribution in [-0.4, -0.2) is 80.0 Å². The van der Waals surface area contributed by atoms with Crippen molar-refractivity contribution >= 4 is 46.5 Å². The minimum Gasteiger partial charge on any atom is -0.399 e. The largest absolute Gasteiger partial charge is 0.399 e. The Kier molecular flexibility index (Phi) is 8.32. The van der Waals surface area contributed by atoms with Crippen molar-refractivity contribution in [3.05, 3.63) is 53.1 Å². The summed E-state index contributed by atoms with van der Waals surface area (Å²) in [5.74, 6) is 0.431. The molecular weight excluding hydrogens is 552 g/mol. The van der Waals surface area contributed by atoms with E-state index >= 15 is 0 Å². The highest BCUT2D eigenvalue weighted by Gasteiger charge is 2.39. The maximum atomic E-state index is 13.4. The van der Waals surface area contributed by atoms with Gasteiger partial charge < -0.3 is 15.5 Å². The summed E-state index contributed by atoms with van der Waals surface area (Å²) in [5.41, 5.74) is 9.26. The van der Waals surface area contributed by atoms with E-state index in [1.807, 2.05) is 17.0 Å². The molecule has 0 bridgehead atoms. The molecule has 0 unspecified atom stereocenters. The van der Waals surface area contributed by atoms with Crippen LogP contribution in [0.15, 0.2) is 42.5 Å². The zero-order chi connectivity index (χ0) is 29.3. The molecule has 0 radical (unpaired) electrons. The second kappa shape index (κ2) is 12.1. The number of hydrogen-bond acceptors (Lipinski definition) is 6. The van der Waals surface area contributed by atoms with Gasteiger partial charge in [0.25, 0.3) is 5.91 Å². The summed E-state index contributed by atoms with van der Waals surface area (Å²) in [6, 6.07) is 12.8. The molecule has 3 heterocycles. The molecule has 3 aliphatic heterocycles.